The predicted molar refractivity (Wildman–Crippen MR) is 102 cm³/mol. The number of carbonyl (C=O) groups is 2. The number of carbonyl (C=O) groups excluding carboxylic acids is 2. The summed E-state index contributed by atoms with van der Waals surface area (Å²) in [6, 6.07) is 5.28. The largest absolute Gasteiger partial charge is 0.416 e. The number of Topliss-reactive ketones (excluding diaryl/α,β-unsaturated/α-hetero) is 1. The summed E-state index contributed by atoms with van der Waals surface area (Å²) in [6.07, 6.45) is 0.482. The average molecular weight is 400 g/mol. The van der Waals surface area contributed by atoms with Crippen LogP contribution in [-0.2, 0) is 11.2 Å². The van der Waals surface area contributed by atoms with Crippen molar-refractivity contribution in [2.24, 2.45) is 0 Å². The number of nitrogens with zero attached hydrogens (tertiary/aromatic N) is 3. The summed E-state index contributed by atoms with van der Waals surface area (Å²) >= 11 is 2.78. The maximum Gasteiger partial charge on any atom is 0.277 e. The molecular weight excluding hydrogens is 384 g/mol. The Kier molecular flexibility index (Phi) is 4.79. The Hall–Kier alpha value is -2.52. The van der Waals surface area contributed by atoms with Gasteiger partial charge in [-0.2, -0.15) is 0 Å². The lowest BCUT2D eigenvalue weighted by molar-refractivity contribution is -0.116. The molecule has 9 heteroatoms. The summed E-state index contributed by atoms with van der Waals surface area (Å²) in [7, 11) is 0. The average Bonchev–Trinajstić information content (AvgIpc) is 3.34. The van der Waals surface area contributed by atoms with E-state index in [4.69, 9.17) is 4.42 Å². The van der Waals surface area contributed by atoms with Crippen molar-refractivity contribution in [2.45, 2.75) is 31.4 Å². The zero-order chi connectivity index (χ0) is 19.0. The number of benzene rings is 1. The Bertz CT molecular complexity index is 1030. The van der Waals surface area contributed by atoms with Gasteiger partial charge in [0, 0.05) is 16.6 Å². The first-order chi connectivity index (χ1) is 13.0. The normalized spacial score (nSPS) is 15.6. The van der Waals surface area contributed by atoms with E-state index in [1.165, 1.54) is 11.8 Å². The number of amides is 1. The van der Waals surface area contributed by atoms with E-state index in [1.807, 2.05) is 19.2 Å². The smallest absolute Gasteiger partial charge is 0.277 e. The monoisotopic (exact) mass is 400 g/mol. The maximum atomic E-state index is 12.5. The van der Waals surface area contributed by atoms with Gasteiger partial charge in [0.1, 0.15) is 0 Å². The molecule has 0 saturated carbocycles. The van der Waals surface area contributed by atoms with Crippen molar-refractivity contribution < 1.29 is 14.0 Å². The second-order valence-corrected chi connectivity index (χ2v) is 8.21. The topological polar surface area (TPSA) is 98.0 Å². The fourth-order valence-corrected chi connectivity index (χ4v) is 4.10. The van der Waals surface area contributed by atoms with E-state index in [0.717, 1.165) is 22.0 Å². The van der Waals surface area contributed by atoms with Gasteiger partial charge in [0.15, 0.2) is 5.78 Å². The highest BCUT2D eigenvalue weighted by molar-refractivity contribution is 7.99. The molecule has 1 aliphatic heterocycles. The molecule has 7 nitrogen and oxygen atoms in total. The van der Waals surface area contributed by atoms with Gasteiger partial charge in [-0.1, -0.05) is 11.8 Å². The summed E-state index contributed by atoms with van der Waals surface area (Å²) in [5, 5.41) is 14.1. The number of anilines is 1. The van der Waals surface area contributed by atoms with Gasteiger partial charge in [-0.3, -0.25) is 9.59 Å². The van der Waals surface area contributed by atoms with Crippen molar-refractivity contribution in [1.29, 1.82) is 0 Å². The fraction of sp³-hybridized carbons (Fsp3) is 0.278. The van der Waals surface area contributed by atoms with E-state index in [0.29, 0.717) is 23.1 Å². The molecule has 0 spiro atoms. The molecule has 0 aliphatic carbocycles. The van der Waals surface area contributed by atoms with Crippen LogP contribution < -0.4 is 5.32 Å². The van der Waals surface area contributed by atoms with Gasteiger partial charge >= 0.3 is 0 Å². The number of fused-ring (bicyclic) bond motifs is 1. The third-order valence-corrected chi connectivity index (χ3v) is 5.91. The van der Waals surface area contributed by atoms with Gasteiger partial charge in [-0.05, 0) is 37.6 Å². The van der Waals surface area contributed by atoms with E-state index in [-0.39, 0.29) is 23.4 Å². The third-order valence-electron chi connectivity index (χ3n) is 4.27. The van der Waals surface area contributed by atoms with Crippen LogP contribution in [0, 0.1) is 6.92 Å². The quantitative estimate of drug-likeness (QED) is 0.500. The number of thiazole rings is 1. The van der Waals surface area contributed by atoms with Gasteiger partial charge in [0.2, 0.25) is 11.8 Å². The Balaban J connectivity index is 1.38. The minimum Gasteiger partial charge on any atom is -0.416 e. The predicted octanol–water partition coefficient (Wildman–Crippen LogP) is 3.46. The summed E-state index contributed by atoms with van der Waals surface area (Å²) in [5.74, 6) is 0.327. The maximum absolute atomic E-state index is 12.5. The van der Waals surface area contributed by atoms with Crippen LogP contribution in [0.2, 0.25) is 0 Å². The number of rotatable bonds is 6. The molecule has 0 saturated heterocycles. The summed E-state index contributed by atoms with van der Waals surface area (Å²) in [5.41, 5.74) is 3.09. The minimum atomic E-state index is -0.242. The number of thioether (sulfide) groups is 1. The number of nitrogens with one attached hydrogen (secondary N) is 1. The van der Waals surface area contributed by atoms with Crippen LogP contribution in [-0.4, -0.2) is 32.6 Å². The highest BCUT2D eigenvalue weighted by atomic mass is 32.2. The lowest BCUT2D eigenvalue weighted by Crippen LogP contribution is -2.08. The molecule has 1 amide bonds. The third kappa shape index (κ3) is 3.79. The van der Waals surface area contributed by atoms with Crippen LogP contribution in [0.5, 0.6) is 0 Å². The molecule has 0 radical (unpaired) electrons. The highest BCUT2D eigenvalue weighted by Crippen LogP contribution is 2.33. The Labute approximate surface area is 163 Å². The van der Waals surface area contributed by atoms with E-state index < -0.39 is 0 Å². The first-order valence-electron chi connectivity index (χ1n) is 8.34. The molecule has 3 aromatic rings. The number of hydrogen-bond donors (Lipinski definition) is 1. The van der Waals surface area contributed by atoms with Crippen molar-refractivity contribution in [2.75, 3.05) is 11.1 Å². The molecule has 0 unspecified atom stereocenters. The van der Waals surface area contributed by atoms with Crippen LogP contribution in [0.25, 0.3) is 0 Å². The zero-order valence-corrected chi connectivity index (χ0v) is 16.3. The van der Waals surface area contributed by atoms with Gasteiger partial charge in [-0.25, -0.2) is 4.98 Å². The van der Waals surface area contributed by atoms with Gasteiger partial charge in [0.05, 0.1) is 28.8 Å². The standard InChI is InChI=1S/C18H16N4O3S2/c1-9-13-5-11(3-4-14(13)20-17(9)24)15(23)8-27-18-22-21-16(25-18)6-12-7-26-10(2)19-12/h3-5,7,9H,6,8H2,1-2H3,(H,20,24)/t9-/m0/s1. The Morgan fingerprint density at radius 2 is 2.22 bits per heavy atom. The van der Waals surface area contributed by atoms with Crippen molar-refractivity contribution in [3.05, 3.63) is 51.3 Å². The van der Waals surface area contributed by atoms with Gasteiger partial charge in [-0.15, -0.1) is 21.5 Å². The van der Waals surface area contributed by atoms with E-state index in [2.05, 4.69) is 20.5 Å². The molecule has 1 aliphatic rings. The second-order valence-electron chi connectivity index (χ2n) is 6.22. The van der Waals surface area contributed by atoms with Crippen LogP contribution >= 0.6 is 23.1 Å². The second kappa shape index (κ2) is 7.24. The highest BCUT2D eigenvalue weighted by Gasteiger charge is 2.27. The molecule has 138 valence electrons. The summed E-state index contributed by atoms with van der Waals surface area (Å²) < 4.78 is 5.59. The molecule has 1 aromatic carbocycles. The number of aromatic nitrogens is 3. The lowest BCUT2D eigenvalue weighted by atomic mass is 9.99. The van der Waals surface area contributed by atoms with Crippen LogP contribution in [0.15, 0.2) is 33.2 Å². The molecule has 3 heterocycles. The first kappa shape index (κ1) is 17.9. The van der Waals surface area contributed by atoms with Crippen LogP contribution in [0.4, 0.5) is 5.69 Å². The van der Waals surface area contributed by atoms with Crippen LogP contribution in [0.3, 0.4) is 0 Å². The van der Waals surface area contributed by atoms with E-state index in [9.17, 15) is 9.59 Å². The van der Waals surface area contributed by atoms with Crippen molar-refractivity contribution in [3.8, 4) is 0 Å². The SMILES string of the molecule is Cc1nc(Cc2nnc(SCC(=O)c3ccc4c(c3)[C@H](C)C(=O)N4)o2)cs1. The van der Waals surface area contributed by atoms with Gasteiger partial charge in [0.25, 0.3) is 5.22 Å². The molecular formula is C18H16N4O3S2. The summed E-state index contributed by atoms with van der Waals surface area (Å²) in [6.45, 7) is 3.77. The van der Waals surface area contributed by atoms with E-state index in [1.54, 1.807) is 29.5 Å². The van der Waals surface area contributed by atoms with E-state index >= 15 is 0 Å². The molecule has 1 atom stereocenters. The van der Waals surface area contributed by atoms with Crippen molar-refractivity contribution >= 4 is 40.5 Å². The number of aryl methyl sites for hydroxylation is 1. The Morgan fingerprint density at radius 3 is 3.00 bits per heavy atom. The first-order valence-corrected chi connectivity index (χ1v) is 10.2. The Morgan fingerprint density at radius 1 is 1.37 bits per heavy atom. The molecule has 0 fully saturated rings. The molecule has 27 heavy (non-hydrogen) atoms. The molecule has 2 aromatic heterocycles. The van der Waals surface area contributed by atoms with Crippen molar-refractivity contribution in [1.82, 2.24) is 15.2 Å². The molecule has 1 N–H and O–H groups in total. The molecule has 0 bridgehead atoms. The van der Waals surface area contributed by atoms with Gasteiger partial charge < -0.3 is 9.73 Å². The minimum absolute atomic E-state index is 0.0438. The number of hydrogen-bond acceptors (Lipinski definition) is 8. The molecule has 4 rings (SSSR count). The van der Waals surface area contributed by atoms with Crippen molar-refractivity contribution in [3.63, 3.8) is 0 Å². The lowest BCUT2D eigenvalue weighted by Gasteiger charge is -2.04. The van der Waals surface area contributed by atoms with Crippen LogP contribution in [0.1, 0.15) is 45.4 Å². The fourth-order valence-electron chi connectivity index (χ4n) is 2.81. The number of ketones is 1. The zero-order valence-electron chi connectivity index (χ0n) is 14.7. The summed E-state index contributed by atoms with van der Waals surface area (Å²) in [4.78, 5) is 28.6.